The van der Waals surface area contributed by atoms with Crippen LogP contribution in [0.3, 0.4) is 0 Å². The van der Waals surface area contributed by atoms with E-state index in [9.17, 15) is 10.1 Å². The standard InChI is InChI=1S/C26H26N4OS/c1-16(2)18-8-10-19(11-9-18)23-24(31)30(4)25(28)29-26(23,3)22-13-21(15-32-22)20-7-5-6-17(12-20)14-27/h5-13,15-16,23H,1-4H3,(H2,28,29)/t23-,26-/m1/s1. The first-order chi connectivity index (χ1) is 15.2. The molecular formula is C26H26N4OS. The lowest BCUT2D eigenvalue weighted by molar-refractivity contribution is -0.131. The van der Waals surface area contributed by atoms with Crippen LogP contribution >= 0.6 is 11.3 Å². The molecule has 6 heteroatoms. The molecule has 0 bridgehead atoms. The Morgan fingerprint density at radius 2 is 1.88 bits per heavy atom. The second-order valence-corrected chi connectivity index (χ2v) is 9.63. The summed E-state index contributed by atoms with van der Waals surface area (Å²) in [7, 11) is 1.64. The van der Waals surface area contributed by atoms with Crippen molar-refractivity contribution >= 4 is 23.2 Å². The van der Waals surface area contributed by atoms with Gasteiger partial charge in [0.2, 0.25) is 5.91 Å². The topological polar surface area (TPSA) is 80.0 Å². The monoisotopic (exact) mass is 442 g/mol. The number of hydrogen-bond acceptors (Lipinski definition) is 4. The van der Waals surface area contributed by atoms with Gasteiger partial charge in [0.15, 0.2) is 5.96 Å². The summed E-state index contributed by atoms with van der Waals surface area (Å²) in [6, 6.07) is 20.0. The highest BCUT2D eigenvalue weighted by Crippen LogP contribution is 2.44. The maximum absolute atomic E-state index is 13.4. The second-order valence-electron chi connectivity index (χ2n) is 8.72. The van der Waals surface area contributed by atoms with Crippen molar-refractivity contribution in [3.63, 3.8) is 0 Å². The van der Waals surface area contributed by atoms with Crippen LogP contribution in [0.4, 0.5) is 0 Å². The van der Waals surface area contributed by atoms with E-state index in [2.05, 4.69) is 43.4 Å². The average Bonchev–Trinajstić information content (AvgIpc) is 3.29. The first kappa shape index (κ1) is 21.8. The molecule has 0 aliphatic carbocycles. The molecule has 1 aliphatic rings. The summed E-state index contributed by atoms with van der Waals surface area (Å²) in [6.07, 6.45) is 0. The van der Waals surface area contributed by atoms with Gasteiger partial charge in [0, 0.05) is 11.9 Å². The van der Waals surface area contributed by atoms with Crippen LogP contribution in [0.15, 0.2) is 60.0 Å². The van der Waals surface area contributed by atoms with Crippen molar-refractivity contribution < 1.29 is 4.79 Å². The van der Waals surface area contributed by atoms with Crippen molar-refractivity contribution in [3.8, 4) is 17.2 Å². The van der Waals surface area contributed by atoms with Gasteiger partial charge in [-0.1, -0.05) is 50.2 Å². The number of guanidine groups is 1. The van der Waals surface area contributed by atoms with E-state index in [0.717, 1.165) is 21.6 Å². The van der Waals surface area contributed by atoms with E-state index in [4.69, 9.17) is 5.41 Å². The Balaban J connectivity index is 1.79. The lowest BCUT2D eigenvalue weighted by Gasteiger charge is -2.45. The maximum atomic E-state index is 13.4. The lowest BCUT2D eigenvalue weighted by atomic mass is 9.76. The third-order valence-electron chi connectivity index (χ3n) is 6.24. The molecule has 1 fully saturated rings. The van der Waals surface area contributed by atoms with Crippen molar-refractivity contribution in [1.29, 1.82) is 10.7 Å². The molecule has 2 N–H and O–H groups in total. The highest BCUT2D eigenvalue weighted by molar-refractivity contribution is 7.10. The fraction of sp³-hybridized carbons (Fsp3) is 0.269. The van der Waals surface area contributed by atoms with Crippen LogP contribution in [0.25, 0.3) is 11.1 Å². The normalized spacial score (nSPS) is 20.9. The smallest absolute Gasteiger partial charge is 0.239 e. The zero-order valence-corrected chi connectivity index (χ0v) is 19.5. The third kappa shape index (κ3) is 3.69. The van der Waals surface area contributed by atoms with Gasteiger partial charge in [-0.25, -0.2) is 0 Å². The van der Waals surface area contributed by atoms with E-state index in [0.29, 0.717) is 11.5 Å². The largest absolute Gasteiger partial charge is 0.345 e. The Kier molecular flexibility index (Phi) is 5.62. The van der Waals surface area contributed by atoms with Gasteiger partial charge in [-0.2, -0.15) is 5.26 Å². The Bertz CT molecular complexity index is 1220. The van der Waals surface area contributed by atoms with Crippen molar-refractivity contribution in [2.45, 2.75) is 38.1 Å². The average molecular weight is 443 g/mol. The van der Waals surface area contributed by atoms with E-state index < -0.39 is 11.5 Å². The summed E-state index contributed by atoms with van der Waals surface area (Å²) in [6.45, 7) is 6.29. The zero-order chi connectivity index (χ0) is 23.0. The van der Waals surface area contributed by atoms with Crippen molar-refractivity contribution in [2.75, 3.05) is 7.05 Å². The number of hydrogen-bond donors (Lipinski definition) is 2. The Hall–Kier alpha value is -3.43. The first-order valence-corrected chi connectivity index (χ1v) is 11.5. The minimum absolute atomic E-state index is 0.0916. The van der Waals surface area contributed by atoms with Gasteiger partial charge in [-0.15, -0.1) is 11.3 Å². The Morgan fingerprint density at radius 3 is 2.53 bits per heavy atom. The molecular weight excluding hydrogens is 416 g/mol. The van der Waals surface area contributed by atoms with Crippen LogP contribution in [0.1, 0.15) is 54.2 Å². The number of nitrogens with one attached hydrogen (secondary N) is 2. The fourth-order valence-corrected chi connectivity index (χ4v) is 5.30. The summed E-state index contributed by atoms with van der Waals surface area (Å²) in [4.78, 5) is 15.8. The number of nitrogens with zero attached hydrogens (tertiary/aromatic N) is 2. The van der Waals surface area contributed by atoms with Crippen molar-refractivity contribution in [1.82, 2.24) is 10.2 Å². The zero-order valence-electron chi connectivity index (χ0n) is 18.6. The van der Waals surface area contributed by atoms with Gasteiger partial charge in [-0.05, 0) is 58.7 Å². The van der Waals surface area contributed by atoms with Crippen LogP contribution in [0.5, 0.6) is 0 Å². The summed E-state index contributed by atoms with van der Waals surface area (Å²) in [5.74, 6) is -0.0702. The molecule has 4 rings (SSSR count). The molecule has 162 valence electrons. The molecule has 1 aromatic heterocycles. The minimum Gasteiger partial charge on any atom is -0.345 e. The number of benzene rings is 2. The third-order valence-corrected chi connectivity index (χ3v) is 7.41. The van der Waals surface area contributed by atoms with Crippen LogP contribution in [0.2, 0.25) is 0 Å². The summed E-state index contributed by atoms with van der Waals surface area (Å²) in [5.41, 5.74) is 3.95. The van der Waals surface area contributed by atoms with Crippen molar-refractivity contribution in [3.05, 3.63) is 81.5 Å². The summed E-state index contributed by atoms with van der Waals surface area (Å²) < 4.78 is 0. The molecule has 1 saturated heterocycles. The quantitative estimate of drug-likeness (QED) is 0.567. The molecule has 1 aliphatic heterocycles. The van der Waals surface area contributed by atoms with Crippen LogP contribution < -0.4 is 5.32 Å². The number of carbonyl (C=O) groups is 1. The molecule has 5 nitrogen and oxygen atoms in total. The molecule has 2 aromatic carbocycles. The molecule has 2 heterocycles. The lowest BCUT2D eigenvalue weighted by Crippen LogP contribution is -2.62. The number of likely N-dealkylation sites (N-methyl/N-ethyl adjacent to an activating group) is 1. The van der Waals surface area contributed by atoms with E-state index in [1.807, 2.05) is 42.6 Å². The molecule has 1 amide bonds. The van der Waals surface area contributed by atoms with E-state index >= 15 is 0 Å². The van der Waals surface area contributed by atoms with E-state index in [1.165, 1.54) is 10.5 Å². The molecule has 2 atom stereocenters. The Morgan fingerprint density at radius 1 is 1.16 bits per heavy atom. The number of carbonyl (C=O) groups excluding carboxylic acids is 1. The number of amides is 1. The van der Waals surface area contributed by atoms with Gasteiger partial charge >= 0.3 is 0 Å². The number of rotatable bonds is 4. The molecule has 0 radical (unpaired) electrons. The second kappa shape index (κ2) is 8.25. The molecule has 0 unspecified atom stereocenters. The van der Waals surface area contributed by atoms with Crippen LogP contribution in [-0.2, 0) is 10.3 Å². The van der Waals surface area contributed by atoms with Gasteiger partial charge in [0.05, 0.1) is 23.1 Å². The van der Waals surface area contributed by atoms with Gasteiger partial charge in [0.25, 0.3) is 0 Å². The number of nitriles is 1. The molecule has 32 heavy (non-hydrogen) atoms. The van der Waals surface area contributed by atoms with Crippen LogP contribution in [-0.4, -0.2) is 23.8 Å². The van der Waals surface area contributed by atoms with E-state index in [-0.39, 0.29) is 11.9 Å². The molecule has 0 saturated carbocycles. The fourth-order valence-electron chi connectivity index (χ4n) is 4.23. The number of thiophene rings is 1. The summed E-state index contributed by atoms with van der Waals surface area (Å²) in [5, 5.41) is 22.9. The first-order valence-electron chi connectivity index (χ1n) is 10.6. The minimum atomic E-state index is -0.768. The summed E-state index contributed by atoms with van der Waals surface area (Å²) >= 11 is 1.56. The van der Waals surface area contributed by atoms with Crippen molar-refractivity contribution in [2.24, 2.45) is 0 Å². The predicted molar refractivity (Wildman–Crippen MR) is 129 cm³/mol. The van der Waals surface area contributed by atoms with Gasteiger partial charge < -0.3 is 5.32 Å². The molecule has 0 spiro atoms. The highest BCUT2D eigenvalue weighted by atomic mass is 32.1. The van der Waals surface area contributed by atoms with Gasteiger partial charge in [0.1, 0.15) is 0 Å². The van der Waals surface area contributed by atoms with E-state index in [1.54, 1.807) is 24.5 Å². The molecule has 3 aromatic rings. The van der Waals surface area contributed by atoms with Crippen LogP contribution in [0, 0.1) is 16.7 Å². The SMILES string of the molecule is CC(C)c1ccc([C@@H]2C(=O)N(C)C(=N)N[C@]2(C)c2cc(-c3cccc(C#N)c3)cs2)cc1. The Labute approximate surface area is 192 Å². The predicted octanol–water partition coefficient (Wildman–Crippen LogP) is 5.41. The van der Waals surface area contributed by atoms with Gasteiger partial charge in [-0.3, -0.25) is 15.1 Å². The highest BCUT2D eigenvalue weighted by Gasteiger charge is 2.49. The maximum Gasteiger partial charge on any atom is 0.239 e.